The molecule has 0 N–H and O–H groups in total. The first-order valence-electron chi connectivity index (χ1n) is 9.61. The minimum atomic E-state index is -0.485. The van der Waals surface area contributed by atoms with Crippen LogP contribution < -0.4 is 9.47 Å². The average molecular weight is 544 g/mol. The molecule has 3 rings (SSSR count). The summed E-state index contributed by atoms with van der Waals surface area (Å²) < 4.78 is 25.6. The number of ether oxygens (including phenoxy) is 2. The van der Waals surface area contributed by atoms with Gasteiger partial charge in [-0.1, -0.05) is 12.1 Å². The molecule has 0 saturated carbocycles. The van der Waals surface area contributed by atoms with E-state index in [-0.39, 0.29) is 18.1 Å². The first-order chi connectivity index (χ1) is 15.4. The van der Waals surface area contributed by atoms with Crippen LogP contribution in [0.15, 0.2) is 60.7 Å². The third kappa shape index (κ3) is 5.82. The molecule has 0 spiro atoms. The molecule has 0 radical (unpaired) electrons. The highest BCUT2D eigenvalue weighted by Crippen LogP contribution is 2.36. The molecule has 0 aliphatic rings. The molecule has 0 aliphatic heterocycles. The second-order valence-electron chi connectivity index (χ2n) is 6.65. The Morgan fingerprint density at radius 3 is 2.44 bits per heavy atom. The molecule has 0 aliphatic carbocycles. The zero-order valence-electron chi connectivity index (χ0n) is 17.0. The number of nitro groups is 1. The van der Waals surface area contributed by atoms with E-state index < -0.39 is 4.92 Å². The molecule has 0 bridgehead atoms. The summed E-state index contributed by atoms with van der Waals surface area (Å²) in [6.45, 7) is 2.53. The third-order valence-electron chi connectivity index (χ3n) is 4.45. The van der Waals surface area contributed by atoms with Crippen LogP contribution >= 0.6 is 22.6 Å². The Hall–Kier alpha value is -3.45. The fourth-order valence-corrected chi connectivity index (χ4v) is 3.70. The van der Waals surface area contributed by atoms with Gasteiger partial charge in [-0.3, -0.25) is 10.1 Å². The molecule has 0 saturated heterocycles. The number of non-ortho nitro benzene ring substituents is 1. The smallest absolute Gasteiger partial charge is 0.269 e. The number of benzene rings is 3. The van der Waals surface area contributed by atoms with E-state index in [1.165, 1.54) is 24.3 Å². The van der Waals surface area contributed by atoms with E-state index in [0.717, 1.165) is 14.7 Å². The maximum absolute atomic E-state index is 13.1. The van der Waals surface area contributed by atoms with Crippen molar-refractivity contribution in [3.8, 4) is 17.6 Å². The van der Waals surface area contributed by atoms with Gasteiger partial charge in [-0.15, -0.1) is 0 Å². The zero-order valence-corrected chi connectivity index (χ0v) is 19.2. The van der Waals surface area contributed by atoms with E-state index in [4.69, 9.17) is 9.47 Å². The Balaban J connectivity index is 1.90. The maximum Gasteiger partial charge on any atom is 0.269 e. The van der Waals surface area contributed by atoms with Crippen molar-refractivity contribution in [2.24, 2.45) is 0 Å². The molecule has 0 aromatic heterocycles. The molecule has 0 atom stereocenters. The first-order valence-corrected chi connectivity index (χ1v) is 10.7. The second kappa shape index (κ2) is 10.7. The van der Waals surface area contributed by atoms with Crippen LogP contribution in [0.25, 0.3) is 11.6 Å². The molecular weight excluding hydrogens is 526 g/mol. The number of hydrogen-bond donors (Lipinski definition) is 0. The monoisotopic (exact) mass is 544 g/mol. The Bertz CT molecular complexity index is 1190. The quantitative estimate of drug-likeness (QED) is 0.108. The summed E-state index contributed by atoms with van der Waals surface area (Å²) in [5, 5.41) is 20.5. The first kappa shape index (κ1) is 23.2. The van der Waals surface area contributed by atoms with Gasteiger partial charge in [0.15, 0.2) is 11.5 Å². The van der Waals surface area contributed by atoms with Crippen LogP contribution in [-0.4, -0.2) is 11.5 Å². The van der Waals surface area contributed by atoms with Crippen LogP contribution in [0.1, 0.15) is 23.6 Å². The van der Waals surface area contributed by atoms with Crippen LogP contribution in [0, 0.1) is 30.8 Å². The molecular formula is C24H18FIN2O4. The minimum absolute atomic E-state index is 0.0399. The summed E-state index contributed by atoms with van der Waals surface area (Å²) in [6, 6.07) is 17.6. The molecule has 6 nitrogen and oxygen atoms in total. The van der Waals surface area contributed by atoms with Crippen molar-refractivity contribution >= 4 is 39.9 Å². The number of nitriles is 1. The van der Waals surface area contributed by atoms with Crippen LogP contribution in [0.4, 0.5) is 10.1 Å². The van der Waals surface area contributed by atoms with Gasteiger partial charge in [0.05, 0.1) is 26.7 Å². The van der Waals surface area contributed by atoms with Crippen molar-refractivity contribution in [1.29, 1.82) is 5.26 Å². The highest BCUT2D eigenvalue weighted by molar-refractivity contribution is 14.1. The van der Waals surface area contributed by atoms with Gasteiger partial charge in [0.1, 0.15) is 12.4 Å². The lowest BCUT2D eigenvalue weighted by atomic mass is 10.0. The van der Waals surface area contributed by atoms with E-state index in [1.807, 2.05) is 13.0 Å². The number of allylic oxidation sites excluding steroid dienone is 1. The topological polar surface area (TPSA) is 85.4 Å². The normalized spacial score (nSPS) is 11.0. The van der Waals surface area contributed by atoms with Gasteiger partial charge < -0.3 is 9.47 Å². The van der Waals surface area contributed by atoms with Gasteiger partial charge in [0, 0.05) is 12.1 Å². The fraction of sp³-hybridized carbons (Fsp3) is 0.125. The number of halogens is 2. The second-order valence-corrected chi connectivity index (χ2v) is 7.81. The molecule has 162 valence electrons. The van der Waals surface area contributed by atoms with E-state index in [9.17, 15) is 19.8 Å². The van der Waals surface area contributed by atoms with Crippen molar-refractivity contribution in [3.63, 3.8) is 0 Å². The molecule has 32 heavy (non-hydrogen) atoms. The maximum atomic E-state index is 13.1. The Morgan fingerprint density at radius 1 is 1.16 bits per heavy atom. The van der Waals surface area contributed by atoms with Gasteiger partial charge >= 0.3 is 0 Å². The van der Waals surface area contributed by atoms with Crippen LogP contribution in [0.2, 0.25) is 0 Å². The minimum Gasteiger partial charge on any atom is -0.490 e. The molecule has 0 heterocycles. The summed E-state index contributed by atoms with van der Waals surface area (Å²) >= 11 is 2.13. The van der Waals surface area contributed by atoms with Crippen molar-refractivity contribution < 1.29 is 18.8 Å². The molecule has 3 aromatic carbocycles. The summed E-state index contributed by atoms with van der Waals surface area (Å²) in [7, 11) is 0. The van der Waals surface area contributed by atoms with Crippen LogP contribution in [-0.2, 0) is 6.61 Å². The highest BCUT2D eigenvalue weighted by Gasteiger charge is 2.13. The van der Waals surface area contributed by atoms with Crippen LogP contribution in [0.5, 0.6) is 11.5 Å². The van der Waals surface area contributed by atoms with Gasteiger partial charge in [-0.25, -0.2) is 4.39 Å². The van der Waals surface area contributed by atoms with Gasteiger partial charge in [-0.05, 0) is 88.7 Å². The number of nitrogens with zero attached hydrogens (tertiary/aromatic N) is 2. The molecule has 0 fully saturated rings. The largest absolute Gasteiger partial charge is 0.490 e. The summed E-state index contributed by atoms with van der Waals surface area (Å²) in [4.78, 5) is 10.4. The zero-order chi connectivity index (χ0) is 23.1. The lowest BCUT2D eigenvalue weighted by molar-refractivity contribution is -0.384. The van der Waals surface area contributed by atoms with Gasteiger partial charge in [0.2, 0.25) is 0 Å². The van der Waals surface area contributed by atoms with E-state index >= 15 is 0 Å². The van der Waals surface area contributed by atoms with E-state index in [2.05, 4.69) is 28.7 Å². The van der Waals surface area contributed by atoms with Gasteiger partial charge in [-0.2, -0.15) is 5.26 Å². The average Bonchev–Trinajstić information content (AvgIpc) is 2.78. The van der Waals surface area contributed by atoms with Crippen molar-refractivity contribution in [1.82, 2.24) is 0 Å². The molecule has 0 amide bonds. The molecule has 3 aromatic rings. The van der Waals surface area contributed by atoms with Gasteiger partial charge in [0.25, 0.3) is 5.69 Å². The molecule has 8 heteroatoms. The fourth-order valence-electron chi connectivity index (χ4n) is 2.92. The lowest BCUT2D eigenvalue weighted by Crippen LogP contribution is -2.02. The van der Waals surface area contributed by atoms with E-state index in [0.29, 0.717) is 29.2 Å². The number of rotatable bonds is 8. The van der Waals surface area contributed by atoms with Crippen LogP contribution in [0.3, 0.4) is 0 Å². The number of hydrogen-bond acceptors (Lipinski definition) is 5. The predicted molar refractivity (Wildman–Crippen MR) is 128 cm³/mol. The summed E-state index contributed by atoms with van der Waals surface area (Å²) in [6.07, 6.45) is 1.69. The lowest BCUT2D eigenvalue weighted by Gasteiger charge is -2.15. The Labute approximate surface area is 198 Å². The highest BCUT2D eigenvalue weighted by atomic mass is 127. The van der Waals surface area contributed by atoms with Crippen molar-refractivity contribution in [2.45, 2.75) is 13.5 Å². The van der Waals surface area contributed by atoms with E-state index in [1.54, 1.807) is 36.4 Å². The molecule has 0 unspecified atom stereocenters. The Kier molecular flexibility index (Phi) is 7.78. The third-order valence-corrected chi connectivity index (χ3v) is 5.25. The Morgan fingerprint density at radius 2 is 1.84 bits per heavy atom. The standard InChI is InChI=1S/C24H18FIN2O4/c1-2-31-23-13-17(11-19(14-27)18-5-9-21(10-6-18)28(29)30)12-22(26)24(23)32-15-16-3-7-20(25)8-4-16/h3-13H,2,15H2,1H3/b19-11-. The number of nitro benzene ring substituents is 1. The summed E-state index contributed by atoms with van der Waals surface area (Å²) in [5.41, 5.74) is 2.43. The SMILES string of the molecule is CCOc1cc(/C=C(/C#N)c2ccc([N+](=O)[O-])cc2)cc(I)c1OCc1ccc(F)cc1. The van der Waals surface area contributed by atoms with Crippen molar-refractivity contribution in [2.75, 3.05) is 6.61 Å². The summed E-state index contributed by atoms with van der Waals surface area (Å²) in [5.74, 6) is 0.771. The van der Waals surface area contributed by atoms with Crippen molar-refractivity contribution in [3.05, 3.63) is 96.9 Å². The predicted octanol–water partition coefficient (Wildman–Crippen LogP) is 6.38.